The highest BCUT2D eigenvalue weighted by Gasteiger charge is 2.52. The largest absolute Gasteiger partial charge is 0.586 e. The standard InChI is InChI=1S/C26H20F2O5/c1-15-5-6-16(11-20(15)17-3-2-4-18(13-17)24(30)31)12-23(29)25(9-10-25)19-7-8-21-22(14-19)33-26(27,28)32-21/h2-8,11,13-14H,9-10,12H2,1H3,(H,30,31). The highest BCUT2D eigenvalue weighted by molar-refractivity contribution is 5.95. The van der Waals surface area contributed by atoms with Crippen LogP contribution in [0.15, 0.2) is 60.7 Å². The van der Waals surface area contributed by atoms with Crippen molar-refractivity contribution in [3.05, 3.63) is 82.9 Å². The van der Waals surface area contributed by atoms with Crippen molar-refractivity contribution in [2.75, 3.05) is 0 Å². The van der Waals surface area contributed by atoms with Crippen molar-refractivity contribution in [2.24, 2.45) is 0 Å². The van der Waals surface area contributed by atoms with Crippen LogP contribution in [0.5, 0.6) is 11.5 Å². The quantitative estimate of drug-likeness (QED) is 0.535. The number of benzene rings is 3. The zero-order valence-corrected chi connectivity index (χ0v) is 17.7. The number of ketones is 1. The average molecular weight is 450 g/mol. The van der Waals surface area contributed by atoms with Gasteiger partial charge in [-0.05, 0) is 71.8 Å². The molecule has 1 aliphatic carbocycles. The van der Waals surface area contributed by atoms with Crippen molar-refractivity contribution in [1.29, 1.82) is 0 Å². The van der Waals surface area contributed by atoms with Gasteiger partial charge < -0.3 is 14.6 Å². The molecular weight excluding hydrogens is 430 g/mol. The maximum Gasteiger partial charge on any atom is 0.586 e. The summed E-state index contributed by atoms with van der Waals surface area (Å²) in [5, 5.41) is 9.29. The molecule has 3 aromatic rings. The summed E-state index contributed by atoms with van der Waals surface area (Å²) in [5.41, 5.74) is 3.52. The van der Waals surface area contributed by atoms with Crippen molar-refractivity contribution in [2.45, 2.75) is 37.9 Å². The fraction of sp³-hybridized carbons (Fsp3) is 0.231. The predicted molar refractivity (Wildman–Crippen MR) is 116 cm³/mol. The van der Waals surface area contributed by atoms with Gasteiger partial charge in [-0.2, -0.15) is 0 Å². The van der Waals surface area contributed by atoms with Gasteiger partial charge in [0.05, 0.1) is 11.0 Å². The second kappa shape index (κ2) is 7.40. The van der Waals surface area contributed by atoms with Gasteiger partial charge in [0.25, 0.3) is 0 Å². The van der Waals surface area contributed by atoms with E-state index in [1.54, 1.807) is 18.2 Å². The molecule has 0 unspecified atom stereocenters. The lowest BCUT2D eigenvalue weighted by atomic mass is 9.86. The summed E-state index contributed by atoms with van der Waals surface area (Å²) in [6.45, 7) is 1.93. The minimum atomic E-state index is -3.70. The van der Waals surface area contributed by atoms with Crippen molar-refractivity contribution in [1.82, 2.24) is 0 Å². The van der Waals surface area contributed by atoms with Crippen LogP contribution in [0, 0.1) is 6.92 Å². The van der Waals surface area contributed by atoms with Crippen LogP contribution < -0.4 is 9.47 Å². The molecule has 0 radical (unpaired) electrons. The van der Waals surface area contributed by atoms with E-state index in [9.17, 15) is 23.5 Å². The number of carbonyl (C=O) groups excluding carboxylic acids is 1. The van der Waals surface area contributed by atoms with Gasteiger partial charge in [-0.25, -0.2) is 4.79 Å². The van der Waals surface area contributed by atoms with Crippen molar-refractivity contribution >= 4 is 11.8 Å². The predicted octanol–water partition coefficient (Wildman–Crippen LogP) is 5.53. The number of rotatable bonds is 6. The first-order chi connectivity index (χ1) is 15.7. The number of halogens is 2. The smallest absolute Gasteiger partial charge is 0.478 e. The third-order valence-corrected chi connectivity index (χ3v) is 6.32. The SMILES string of the molecule is Cc1ccc(CC(=O)C2(c3ccc4c(c3)OC(F)(F)O4)CC2)cc1-c1cccc(C(=O)O)c1. The van der Waals surface area contributed by atoms with Crippen LogP contribution in [0.2, 0.25) is 0 Å². The Hall–Kier alpha value is -3.74. The Morgan fingerprint density at radius 3 is 2.45 bits per heavy atom. The Labute approximate surface area is 188 Å². The van der Waals surface area contributed by atoms with Gasteiger partial charge in [-0.3, -0.25) is 4.79 Å². The van der Waals surface area contributed by atoms with Crippen molar-refractivity contribution in [3.63, 3.8) is 0 Å². The number of aromatic carboxylic acids is 1. The summed E-state index contributed by atoms with van der Waals surface area (Å²) in [5.74, 6) is -1.11. The first-order valence-corrected chi connectivity index (χ1v) is 10.5. The first kappa shape index (κ1) is 21.1. The topological polar surface area (TPSA) is 72.8 Å². The van der Waals surface area contributed by atoms with Crippen molar-refractivity contribution in [3.8, 4) is 22.6 Å². The number of carboxylic acids is 1. The fourth-order valence-corrected chi connectivity index (χ4v) is 4.36. The Morgan fingerprint density at radius 1 is 0.970 bits per heavy atom. The molecule has 0 amide bonds. The average Bonchev–Trinajstić information content (AvgIpc) is 3.52. The Bertz CT molecular complexity index is 1290. The van der Waals surface area contributed by atoms with Gasteiger partial charge >= 0.3 is 12.3 Å². The van der Waals surface area contributed by atoms with Gasteiger partial charge in [0.2, 0.25) is 0 Å². The molecule has 1 fully saturated rings. The molecule has 3 aromatic carbocycles. The van der Waals surface area contributed by atoms with E-state index in [0.29, 0.717) is 18.4 Å². The molecule has 1 N–H and O–H groups in total. The molecule has 7 heteroatoms. The van der Waals surface area contributed by atoms with E-state index in [4.69, 9.17) is 0 Å². The van der Waals surface area contributed by atoms with Gasteiger partial charge in [0.1, 0.15) is 5.78 Å². The maximum atomic E-state index is 13.4. The number of carboxylic acid groups (broad SMARTS) is 1. The minimum Gasteiger partial charge on any atom is -0.478 e. The van der Waals surface area contributed by atoms with E-state index in [0.717, 1.165) is 22.3 Å². The first-order valence-electron chi connectivity index (χ1n) is 10.5. The van der Waals surface area contributed by atoms with Crippen LogP contribution in [-0.4, -0.2) is 23.2 Å². The Balaban J connectivity index is 1.40. The van der Waals surface area contributed by atoms with Gasteiger partial charge in [0.15, 0.2) is 11.5 Å². The minimum absolute atomic E-state index is 0.00205. The van der Waals surface area contributed by atoms with Crippen molar-refractivity contribution < 1.29 is 33.0 Å². The molecule has 5 rings (SSSR count). The van der Waals surface area contributed by atoms with E-state index in [1.165, 1.54) is 18.2 Å². The summed E-state index contributed by atoms with van der Waals surface area (Å²) in [6, 6.07) is 16.9. The fourth-order valence-electron chi connectivity index (χ4n) is 4.36. The second-order valence-electron chi connectivity index (χ2n) is 8.55. The summed E-state index contributed by atoms with van der Waals surface area (Å²) in [6.07, 6.45) is -2.24. The number of hydrogen-bond acceptors (Lipinski definition) is 4. The highest BCUT2D eigenvalue weighted by Crippen LogP contribution is 2.52. The number of ether oxygens (including phenoxy) is 2. The number of alkyl halides is 2. The number of carbonyl (C=O) groups is 2. The number of fused-ring (bicyclic) bond motifs is 1. The van der Waals surface area contributed by atoms with E-state index < -0.39 is 17.7 Å². The van der Waals surface area contributed by atoms with E-state index in [1.807, 2.05) is 31.2 Å². The van der Waals surface area contributed by atoms with Gasteiger partial charge in [0, 0.05) is 6.42 Å². The molecule has 168 valence electrons. The lowest BCUT2D eigenvalue weighted by molar-refractivity contribution is -0.286. The number of Topliss-reactive ketones (excluding diaryl/α,β-unsaturated/α-hetero) is 1. The molecule has 1 heterocycles. The van der Waals surface area contributed by atoms with Crippen LogP contribution in [0.3, 0.4) is 0 Å². The van der Waals surface area contributed by atoms with Crippen LogP contribution >= 0.6 is 0 Å². The lowest BCUT2D eigenvalue weighted by Gasteiger charge is -2.16. The third kappa shape index (κ3) is 3.84. The number of aryl methyl sites for hydroxylation is 1. The third-order valence-electron chi connectivity index (χ3n) is 6.32. The summed E-state index contributed by atoms with van der Waals surface area (Å²) in [4.78, 5) is 24.6. The van der Waals surface area contributed by atoms with Gasteiger partial charge in [-0.15, -0.1) is 8.78 Å². The van der Waals surface area contributed by atoms with E-state index in [-0.39, 0.29) is 29.3 Å². The second-order valence-corrected chi connectivity index (χ2v) is 8.55. The van der Waals surface area contributed by atoms with Gasteiger partial charge in [-0.1, -0.05) is 36.4 Å². The Morgan fingerprint density at radius 2 is 1.73 bits per heavy atom. The zero-order chi connectivity index (χ0) is 23.4. The molecule has 33 heavy (non-hydrogen) atoms. The summed E-state index contributed by atoms with van der Waals surface area (Å²) in [7, 11) is 0. The van der Waals surface area contributed by atoms with E-state index >= 15 is 0 Å². The normalized spacial score (nSPS) is 16.9. The monoisotopic (exact) mass is 450 g/mol. The molecule has 1 aliphatic heterocycles. The molecule has 5 nitrogen and oxygen atoms in total. The zero-order valence-electron chi connectivity index (χ0n) is 17.7. The van der Waals surface area contributed by atoms with Crippen LogP contribution in [-0.2, 0) is 16.6 Å². The molecule has 0 aromatic heterocycles. The molecule has 0 atom stereocenters. The maximum absolute atomic E-state index is 13.4. The molecular formula is C26H20F2O5. The highest BCUT2D eigenvalue weighted by atomic mass is 19.3. The van der Waals surface area contributed by atoms with E-state index in [2.05, 4.69) is 9.47 Å². The number of hydrogen-bond donors (Lipinski definition) is 1. The molecule has 1 saturated carbocycles. The molecule has 0 spiro atoms. The molecule has 0 bridgehead atoms. The Kier molecular flexibility index (Phi) is 4.74. The van der Waals surface area contributed by atoms with Crippen LogP contribution in [0.1, 0.15) is 39.9 Å². The summed E-state index contributed by atoms with van der Waals surface area (Å²) >= 11 is 0. The molecule has 0 saturated heterocycles. The van der Waals surface area contributed by atoms with Crippen LogP contribution in [0.25, 0.3) is 11.1 Å². The summed E-state index contributed by atoms with van der Waals surface area (Å²) < 4.78 is 35.7. The van der Waals surface area contributed by atoms with Crippen LogP contribution in [0.4, 0.5) is 8.78 Å². The lowest BCUT2D eigenvalue weighted by Crippen LogP contribution is -2.26. The molecule has 2 aliphatic rings.